The minimum atomic E-state index is -1.87. The molecule has 0 aliphatic rings. The van der Waals surface area contributed by atoms with Gasteiger partial charge in [0.15, 0.2) is 0 Å². The zero-order valence-corrected chi connectivity index (χ0v) is 10.1. The van der Waals surface area contributed by atoms with Gasteiger partial charge in [0.25, 0.3) is 0 Å². The van der Waals surface area contributed by atoms with Crippen molar-refractivity contribution in [2.24, 2.45) is 0 Å². The van der Waals surface area contributed by atoms with Gasteiger partial charge in [0.2, 0.25) is 14.2 Å². The Labute approximate surface area is 86.1 Å². The molecule has 0 fully saturated rings. The molecule has 0 aliphatic heterocycles. The van der Waals surface area contributed by atoms with Crippen molar-refractivity contribution in [3.63, 3.8) is 0 Å². The molecule has 0 aliphatic carbocycles. The predicted octanol–water partition coefficient (Wildman–Crippen LogP) is 0.432. The molecule has 1 amide bonds. The molecule has 0 saturated heterocycles. The van der Waals surface area contributed by atoms with Crippen molar-refractivity contribution in [3.8, 4) is 0 Å². The molecule has 0 aromatic heterocycles. The molecule has 0 unspecified atom stereocenters. The number of nitrogens with one attached hydrogen (secondary N) is 1. The largest absolute Gasteiger partial charge is 0.413 e. The SMILES string of the molecule is C=C(C)C(=O)NC[Si](C)(C)OCCO. The van der Waals surface area contributed by atoms with Crippen LogP contribution in [0.15, 0.2) is 12.2 Å². The minimum absolute atomic E-state index is 0.0187. The van der Waals surface area contributed by atoms with E-state index in [4.69, 9.17) is 9.53 Å². The minimum Gasteiger partial charge on any atom is -0.413 e. The van der Waals surface area contributed by atoms with Gasteiger partial charge in [0, 0.05) is 11.7 Å². The standard InChI is InChI=1S/C9H19NO3Si/c1-8(2)9(12)10-7-14(3,4)13-6-5-11/h11H,1,5-7H2,2-4H3,(H,10,12). The lowest BCUT2D eigenvalue weighted by Gasteiger charge is -2.22. The van der Waals surface area contributed by atoms with Gasteiger partial charge >= 0.3 is 0 Å². The van der Waals surface area contributed by atoms with Crippen LogP contribution < -0.4 is 5.32 Å². The Morgan fingerprint density at radius 3 is 2.57 bits per heavy atom. The van der Waals surface area contributed by atoms with Crippen molar-refractivity contribution in [1.29, 1.82) is 0 Å². The molecule has 0 atom stereocenters. The second-order valence-corrected chi connectivity index (χ2v) is 7.96. The maximum absolute atomic E-state index is 11.2. The fourth-order valence-electron chi connectivity index (χ4n) is 0.817. The Morgan fingerprint density at radius 2 is 2.14 bits per heavy atom. The topological polar surface area (TPSA) is 58.6 Å². The molecule has 2 N–H and O–H groups in total. The summed E-state index contributed by atoms with van der Waals surface area (Å²) in [4.78, 5) is 11.2. The van der Waals surface area contributed by atoms with Crippen molar-refractivity contribution in [3.05, 3.63) is 12.2 Å². The Balaban J connectivity index is 3.86. The zero-order valence-electron chi connectivity index (χ0n) is 9.09. The summed E-state index contributed by atoms with van der Waals surface area (Å²) in [5.41, 5.74) is 0.497. The molecule has 82 valence electrons. The van der Waals surface area contributed by atoms with Crippen LogP contribution in [0.2, 0.25) is 13.1 Å². The summed E-state index contributed by atoms with van der Waals surface area (Å²) in [5, 5.41) is 11.3. The van der Waals surface area contributed by atoms with E-state index < -0.39 is 8.32 Å². The highest BCUT2D eigenvalue weighted by Gasteiger charge is 2.22. The van der Waals surface area contributed by atoms with E-state index in [0.717, 1.165) is 0 Å². The van der Waals surface area contributed by atoms with E-state index in [0.29, 0.717) is 18.3 Å². The number of amides is 1. The summed E-state index contributed by atoms with van der Waals surface area (Å²) >= 11 is 0. The van der Waals surface area contributed by atoms with E-state index >= 15 is 0 Å². The highest BCUT2D eigenvalue weighted by atomic mass is 28.4. The van der Waals surface area contributed by atoms with Gasteiger partial charge in [-0.2, -0.15) is 0 Å². The number of carbonyl (C=O) groups excluding carboxylic acids is 1. The summed E-state index contributed by atoms with van der Waals surface area (Å²) in [6.07, 6.45) is 0.540. The number of aliphatic hydroxyl groups is 1. The molecular formula is C9H19NO3Si. The quantitative estimate of drug-likeness (QED) is 0.501. The lowest BCUT2D eigenvalue weighted by molar-refractivity contribution is -0.117. The zero-order chi connectivity index (χ0) is 11.2. The fourth-order valence-corrected chi connectivity index (χ4v) is 2.15. The lowest BCUT2D eigenvalue weighted by atomic mass is 10.3. The van der Waals surface area contributed by atoms with Crippen LogP contribution >= 0.6 is 0 Å². The number of carbonyl (C=O) groups is 1. The number of hydrogen-bond acceptors (Lipinski definition) is 3. The molecule has 0 aromatic rings. The third-order valence-electron chi connectivity index (χ3n) is 1.65. The van der Waals surface area contributed by atoms with E-state index in [1.54, 1.807) is 6.92 Å². The van der Waals surface area contributed by atoms with Crippen molar-refractivity contribution in [2.75, 3.05) is 19.4 Å². The second kappa shape index (κ2) is 5.95. The van der Waals surface area contributed by atoms with Crippen LogP contribution in [0.5, 0.6) is 0 Å². The van der Waals surface area contributed by atoms with Gasteiger partial charge in [-0.3, -0.25) is 4.79 Å². The van der Waals surface area contributed by atoms with Gasteiger partial charge in [0.1, 0.15) is 0 Å². The first kappa shape index (κ1) is 13.3. The number of hydrogen-bond donors (Lipinski definition) is 2. The highest BCUT2D eigenvalue weighted by molar-refractivity contribution is 6.71. The molecule has 4 nitrogen and oxygen atoms in total. The third kappa shape index (κ3) is 5.90. The van der Waals surface area contributed by atoms with Gasteiger partial charge in [-0.15, -0.1) is 0 Å². The molecule has 0 aromatic carbocycles. The van der Waals surface area contributed by atoms with E-state index in [-0.39, 0.29) is 12.5 Å². The molecule has 5 heteroatoms. The van der Waals surface area contributed by atoms with Gasteiger partial charge in [-0.05, 0) is 20.0 Å². The molecule has 0 spiro atoms. The maximum Gasteiger partial charge on any atom is 0.246 e. The Bertz CT molecular complexity index is 216. The maximum atomic E-state index is 11.2. The molecule has 0 saturated carbocycles. The van der Waals surface area contributed by atoms with E-state index in [1.165, 1.54) is 0 Å². The van der Waals surface area contributed by atoms with Gasteiger partial charge in [-0.25, -0.2) is 0 Å². The molecular weight excluding hydrogens is 198 g/mol. The first-order valence-corrected chi connectivity index (χ1v) is 7.69. The summed E-state index contributed by atoms with van der Waals surface area (Å²) in [6, 6.07) is 0. The normalized spacial score (nSPS) is 11.1. The van der Waals surface area contributed by atoms with Crippen LogP contribution in [0.25, 0.3) is 0 Å². The molecule has 0 rings (SSSR count). The summed E-state index contributed by atoms with van der Waals surface area (Å²) in [5.74, 6) is -0.141. The average molecular weight is 217 g/mol. The van der Waals surface area contributed by atoms with Gasteiger partial charge in [-0.1, -0.05) is 6.58 Å². The number of aliphatic hydroxyl groups excluding tert-OH is 1. The number of rotatable bonds is 6. The van der Waals surface area contributed by atoms with Crippen molar-refractivity contribution in [1.82, 2.24) is 5.32 Å². The van der Waals surface area contributed by atoms with E-state index in [9.17, 15) is 4.79 Å². The van der Waals surface area contributed by atoms with E-state index in [1.807, 2.05) is 13.1 Å². The molecule has 0 heterocycles. The molecule has 14 heavy (non-hydrogen) atoms. The van der Waals surface area contributed by atoms with Crippen LogP contribution in [0.3, 0.4) is 0 Å². The second-order valence-electron chi connectivity index (χ2n) is 3.79. The fraction of sp³-hybridized carbons (Fsp3) is 0.667. The first-order chi connectivity index (χ1) is 6.39. The molecule has 0 radical (unpaired) electrons. The Hall–Kier alpha value is -0.653. The van der Waals surface area contributed by atoms with Crippen LogP contribution in [-0.4, -0.2) is 38.7 Å². The van der Waals surface area contributed by atoms with Crippen molar-refractivity contribution < 1.29 is 14.3 Å². The average Bonchev–Trinajstić information content (AvgIpc) is 2.11. The highest BCUT2D eigenvalue weighted by Crippen LogP contribution is 2.02. The summed E-state index contributed by atoms with van der Waals surface area (Å²) in [7, 11) is -1.87. The Morgan fingerprint density at radius 1 is 1.57 bits per heavy atom. The lowest BCUT2D eigenvalue weighted by Crippen LogP contribution is -2.45. The van der Waals surface area contributed by atoms with Crippen molar-refractivity contribution in [2.45, 2.75) is 20.0 Å². The van der Waals surface area contributed by atoms with Crippen LogP contribution in [0.4, 0.5) is 0 Å². The van der Waals surface area contributed by atoms with Gasteiger partial charge in [0.05, 0.1) is 13.2 Å². The van der Waals surface area contributed by atoms with Crippen molar-refractivity contribution >= 4 is 14.2 Å². The Kier molecular flexibility index (Phi) is 5.67. The monoisotopic (exact) mass is 217 g/mol. The van der Waals surface area contributed by atoms with E-state index in [2.05, 4.69) is 11.9 Å². The third-order valence-corrected chi connectivity index (χ3v) is 3.66. The van der Waals surface area contributed by atoms with Gasteiger partial charge < -0.3 is 14.8 Å². The summed E-state index contributed by atoms with van der Waals surface area (Å²) < 4.78 is 5.45. The van der Waals surface area contributed by atoms with Crippen LogP contribution in [0, 0.1) is 0 Å². The first-order valence-electron chi connectivity index (χ1n) is 4.57. The molecule has 0 bridgehead atoms. The summed E-state index contributed by atoms with van der Waals surface area (Å²) in [6.45, 7) is 9.53. The van der Waals surface area contributed by atoms with Crippen LogP contribution in [-0.2, 0) is 9.22 Å². The predicted molar refractivity (Wildman–Crippen MR) is 58.3 cm³/mol. The van der Waals surface area contributed by atoms with Crippen LogP contribution in [0.1, 0.15) is 6.92 Å². The smallest absolute Gasteiger partial charge is 0.246 e.